The van der Waals surface area contributed by atoms with Gasteiger partial charge in [0.2, 0.25) is 0 Å². The summed E-state index contributed by atoms with van der Waals surface area (Å²) in [5, 5.41) is 0. The maximum Gasteiger partial charge on any atom is 0.137 e. The van der Waals surface area contributed by atoms with Crippen LogP contribution in [0.15, 0.2) is 47.1 Å². The van der Waals surface area contributed by atoms with Gasteiger partial charge < -0.3 is 9.15 Å². The Kier molecular flexibility index (Phi) is 2.04. The van der Waals surface area contributed by atoms with Crippen molar-refractivity contribution < 1.29 is 9.15 Å². The molecule has 66 valence electrons. The van der Waals surface area contributed by atoms with Crippen LogP contribution in [0, 0.1) is 0 Å². The molecule has 1 aromatic heterocycles. The van der Waals surface area contributed by atoms with E-state index < -0.39 is 0 Å². The Morgan fingerprint density at radius 3 is 2.62 bits per heavy atom. The zero-order valence-electron chi connectivity index (χ0n) is 7.36. The summed E-state index contributed by atoms with van der Waals surface area (Å²) in [6.07, 6.45) is 1.65. The van der Waals surface area contributed by atoms with Gasteiger partial charge in [-0.1, -0.05) is 12.1 Å². The van der Waals surface area contributed by atoms with Gasteiger partial charge in [0.05, 0.1) is 18.9 Å². The van der Waals surface area contributed by atoms with Crippen LogP contribution in [0.2, 0.25) is 0 Å². The molecule has 0 saturated heterocycles. The smallest absolute Gasteiger partial charge is 0.137 e. The van der Waals surface area contributed by atoms with Crippen molar-refractivity contribution in [2.24, 2.45) is 0 Å². The maximum atomic E-state index is 5.28. The molecule has 2 nitrogen and oxygen atoms in total. The van der Waals surface area contributed by atoms with Gasteiger partial charge in [0.1, 0.15) is 11.5 Å². The summed E-state index contributed by atoms with van der Waals surface area (Å²) in [5.74, 6) is 1.66. The van der Waals surface area contributed by atoms with E-state index in [1.165, 1.54) is 0 Å². The number of methoxy groups -OCH3 is 1. The van der Waals surface area contributed by atoms with Crippen molar-refractivity contribution in [3.8, 4) is 17.1 Å². The van der Waals surface area contributed by atoms with Gasteiger partial charge >= 0.3 is 0 Å². The molecule has 0 saturated carbocycles. The second-order valence-corrected chi connectivity index (χ2v) is 2.68. The van der Waals surface area contributed by atoms with Gasteiger partial charge in [-0.3, -0.25) is 0 Å². The van der Waals surface area contributed by atoms with Crippen molar-refractivity contribution in [3.63, 3.8) is 0 Å². The topological polar surface area (TPSA) is 22.4 Å². The van der Waals surface area contributed by atoms with E-state index in [1.807, 2.05) is 36.4 Å². The van der Waals surface area contributed by atoms with Crippen molar-refractivity contribution in [2.45, 2.75) is 0 Å². The third-order valence-corrected chi connectivity index (χ3v) is 1.89. The minimum absolute atomic E-state index is 0.831. The van der Waals surface area contributed by atoms with E-state index in [2.05, 4.69) is 0 Å². The van der Waals surface area contributed by atoms with Crippen LogP contribution in [0.3, 0.4) is 0 Å². The molecule has 0 aliphatic heterocycles. The summed E-state index contributed by atoms with van der Waals surface area (Å²) < 4.78 is 10.5. The minimum atomic E-state index is 0.831. The highest BCUT2D eigenvalue weighted by Gasteiger charge is 2.05. The number of para-hydroxylation sites is 1. The molecule has 0 aliphatic carbocycles. The van der Waals surface area contributed by atoms with E-state index in [1.54, 1.807) is 13.4 Å². The number of benzene rings is 1. The van der Waals surface area contributed by atoms with E-state index in [9.17, 15) is 0 Å². The minimum Gasteiger partial charge on any atom is -0.496 e. The molecule has 1 heterocycles. The first kappa shape index (κ1) is 7.92. The Morgan fingerprint density at radius 2 is 1.92 bits per heavy atom. The molecule has 1 aromatic carbocycles. The van der Waals surface area contributed by atoms with Crippen LogP contribution in [0.5, 0.6) is 5.75 Å². The van der Waals surface area contributed by atoms with Crippen LogP contribution in [0.1, 0.15) is 0 Å². The van der Waals surface area contributed by atoms with Crippen molar-refractivity contribution in [1.29, 1.82) is 0 Å². The van der Waals surface area contributed by atoms with Crippen molar-refractivity contribution in [3.05, 3.63) is 42.7 Å². The first-order chi connectivity index (χ1) is 6.42. The molecule has 0 unspecified atom stereocenters. The highest BCUT2D eigenvalue weighted by Crippen LogP contribution is 2.29. The molecule has 0 spiro atoms. The van der Waals surface area contributed by atoms with E-state index in [0.29, 0.717) is 0 Å². The second kappa shape index (κ2) is 3.35. The molecule has 0 radical (unpaired) electrons. The van der Waals surface area contributed by atoms with Crippen molar-refractivity contribution >= 4 is 0 Å². The van der Waals surface area contributed by atoms with Crippen LogP contribution in [-0.4, -0.2) is 7.11 Å². The third-order valence-electron chi connectivity index (χ3n) is 1.89. The van der Waals surface area contributed by atoms with Gasteiger partial charge in [0.15, 0.2) is 0 Å². The lowest BCUT2D eigenvalue weighted by Crippen LogP contribution is -1.85. The lowest BCUT2D eigenvalue weighted by molar-refractivity contribution is 0.414. The van der Waals surface area contributed by atoms with Crippen LogP contribution < -0.4 is 4.74 Å². The Morgan fingerprint density at radius 1 is 1.08 bits per heavy atom. The van der Waals surface area contributed by atoms with Crippen LogP contribution in [0.4, 0.5) is 0 Å². The maximum absolute atomic E-state index is 5.28. The van der Waals surface area contributed by atoms with E-state index in [4.69, 9.17) is 9.15 Å². The van der Waals surface area contributed by atoms with Crippen LogP contribution in [0.25, 0.3) is 11.3 Å². The summed E-state index contributed by atoms with van der Waals surface area (Å²) in [6, 6.07) is 11.6. The molecule has 13 heavy (non-hydrogen) atoms. The summed E-state index contributed by atoms with van der Waals surface area (Å²) in [7, 11) is 1.65. The summed E-state index contributed by atoms with van der Waals surface area (Å²) in [5.41, 5.74) is 0.981. The molecule has 2 rings (SSSR count). The largest absolute Gasteiger partial charge is 0.496 e. The molecule has 0 bridgehead atoms. The molecule has 0 atom stereocenters. The predicted octanol–water partition coefficient (Wildman–Crippen LogP) is 2.96. The SMILES string of the molecule is COc1ccccc1-c1ccco1. The highest BCUT2D eigenvalue weighted by molar-refractivity contribution is 5.65. The van der Waals surface area contributed by atoms with E-state index >= 15 is 0 Å². The first-order valence-electron chi connectivity index (χ1n) is 4.08. The molecule has 0 aliphatic rings. The molecular weight excluding hydrogens is 164 g/mol. The molecule has 0 amide bonds. The fourth-order valence-corrected chi connectivity index (χ4v) is 1.28. The lowest BCUT2D eigenvalue weighted by atomic mass is 10.1. The number of rotatable bonds is 2. The Hall–Kier alpha value is -1.70. The van der Waals surface area contributed by atoms with Gasteiger partial charge in [0.25, 0.3) is 0 Å². The molecule has 2 aromatic rings. The fraction of sp³-hybridized carbons (Fsp3) is 0.0909. The van der Waals surface area contributed by atoms with Gasteiger partial charge in [-0.05, 0) is 24.3 Å². The van der Waals surface area contributed by atoms with E-state index in [-0.39, 0.29) is 0 Å². The zero-order valence-corrected chi connectivity index (χ0v) is 7.36. The quantitative estimate of drug-likeness (QED) is 0.698. The van der Waals surface area contributed by atoms with Gasteiger partial charge in [0, 0.05) is 0 Å². The number of ether oxygens (including phenoxy) is 1. The third kappa shape index (κ3) is 1.43. The Balaban J connectivity index is 2.51. The lowest BCUT2D eigenvalue weighted by Gasteiger charge is -2.04. The summed E-state index contributed by atoms with van der Waals surface area (Å²) in [4.78, 5) is 0. The van der Waals surface area contributed by atoms with E-state index in [0.717, 1.165) is 17.1 Å². The molecule has 0 N–H and O–H groups in total. The Labute approximate surface area is 76.8 Å². The normalized spacial score (nSPS) is 9.92. The number of hydrogen-bond donors (Lipinski definition) is 0. The highest BCUT2D eigenvalue weighted by atomic mass is 16.5. The second-order valence-electron chi connectivity index (χ2n) is 2.68. The monoisotopic (exact) mass is 174 g/mol. The average Bonchev–Trinajstić information content (AvgIpc) is 2.70. The van der Waals surface area contributed by atoms with Gasteiger partial charge in [-0.15, -0.1) is 0 Å². The molecule has 0 fully saturated rings. The molecule has 2 heteroatoms. The number of hydrogen-bond acceptors (Lipinski definition) is 2. The van der Waals surface area contributed by atoms with Gasteiger partial charge in [-0.25, -0.2) is 0 Å². The summed E-state index contributed by atoms with van der Waals surface area (Å²) >= 11 is 0. The van der Waals surface area contributed by atoms with Crippen LogP contribution in [-0.2, 0) is 0 Å². The average molecular weight is 174 g/mol. The predicted molar refractivity (Wildman–Crippen MR) is 50.7 cm³/mol. The standard InChI is InChI=1S/C11H10O2/c1-12-10-6-3-2-5-9(10)11-7-4-8-13-11/h2-8H,1H3. The van der Waals surface area contributed by atoms with Crippen molar-refractivity contribution in [1.82, 2.24) is 0 Å². The van der Waals surface area contributed by atoms with Crippen LogP contribution >= 0.6 is 0 Å². The zero-order chi connectivity index (χ0) is 9.10. The van der Waals surface area contributed by atoms with Crippen molar-refractivity contribution in [2.75, 3.05) is 7.11 Å². The Bertz CT molecular complexity index is 377. The first-order valence-corrected chi connectivity index (χ1v) is 4.08. The number of furan rings is 1. The van der Waals surface area contributed by atoms with Gasteiger partial charge in [-0.2, -0.15) is 0 Å². The fourth-order valence-electron chi connectivity index (χ4n) is 1.28. The summed E-state index contributed by atoms with van der Waals surface area (Å²) in [6.45, 7) is 0. The molecular formula is C11H10O2.